The summed E-state index contributed by atoms with van der Waals surface area (Å²) >= 11 is 0. The third kappa shape index (κ3) is 3.30. The number of para-hydroxylation sites is 1. The van der Waals surface area contributed by atoms with Crippen molar-refractivity contribution in [1.82, 2.24) is 9.80 Å². The van der Waals surface area contributed by atoms with Gasteiger partial charge in [-0.25, -0.2) is 0 Å². The Kier molecular flexibility index (Phi) is 4.61. The second kappa shape index (κ2) is 6.63. The van der Waals surface area contributed by atoms with Crippen molar-refractivity contribution in [3.8, 4) is 5.75 Å². The normalized spacial score (nSPS) is 27.1. The van der Waals surface area contributed by atoms with Gasteiger partial charge < -0.3 is 4.74 Å². The minimum absolute atomic E-state index is 0.654. The van der Waals surface area contributed by atoms with Crippen molar-refractivity contribution in [2.75, 3.05) is 33.3 Å². The van der Waals surface area contributed by atoms with Crippen LogP contribution >= 0.6 is 0 Å². The van der Waals surface area contributed by atoms with Crippen LogP contribution in [0.15, 0.2) is 30.3 Å². The molecule has 0 amide bonds. The van der Waals surface area contributed by atoms with Gasteiger partial charge in [0.15, 0.2) is 0 Å². The van der Waals surface area contributed by atoms with Crippen LogP contribution in [0.1, 0.15) is 25.3 Å². The Labute approximate surface area is 128 Å². The minimum atomic E-state index is 0.654. The van der Waals surface area contributed by atoms with E-state index in [1.165, 1.54) is 32.5 Å². The number of ether oxygens (including phenoxy) is 1. The topological polar surface area (TPSA) is 15.7 Å². The SMILES string of the molecule is COc1ccccc1/C=C/CN1CC2CCCN2C[C@@H]1C. The Balaban J connectivity index is 1.60. The van der Waals surface area contributed by atoms with Crippen LogP contribution in [0, 0.1) is 0 Å². The lowest BCUT2D eigenvalue weighted by atomic mass is 10.1. The van der Waals surface area contributed by atoms with Gasteiger partial charge in [-0.1, -0.05) is 30.4 Å². The second-order valence-corrected chi connectivity index (χ2v) is 6.24. The largest absolute Gasteiger partial charge is 0.496 e. The molecule has 2 atom stereocenters. The average Bonchev–Trinajstić information content (AvgIpc) is 2.95. The number of hydrogen-bond acceptors (Lipinski definition) is 3. The Morgan fingerprint density at radius 1 is 1.29 bits per heavy atom. The molecule has 0 aromatic heterocycles. The molecule has 0 radical (unpaired) electrons. The van der Waals surface area contributed by atoms with Gasteiger partial charge in [-0.3, -0.25) is 9.80 Å². The standard InChI is InChI=1S/C18H26N2O/c1-15-13-20-12-6-9-17(20)14-19(15)11-5-8-16-7-3-4-10-18(16)21-2/h3-5,7-8,10,15,17H,6,9,11-14H2,1-2H3/b8-5+/t15-,17?/m0/s1. The molecule has 0 spiro atoms. The molecule has 2 saturated heterocycles. The van der Waals surface area contributed by atoms with E-state index in [-0.39, 0.29) is 0 Å². The molecule has 1 unspecified atom stereocenters. The molecule has 0 aliphatic carbocycles. The molecule has 0 saturated carbocycles. The summed E-state index contributed by atoms with van der Waals surface area (Å²) in [5, 5.41) is 0. The van der Waals surface area contributed by atoms with Gasteiger partial charge in [0, 0.05) is 37.3 Å². The fraction of sp³-hybridized carbons (Fsp3) is 0.556. The fourth-order valence-corrected chi connectivity index (χ4v) is 3.62. The highest BCUT2D eigenvalue weighted by atomic mass is 16.5. The zero-order valence-electron chi connectivity index (χ0n) is 13.2. The fourth-order valence-electron chi connectivity index (χ4n) is 3.62. The van der Waals surface area contributed by atoms with Crippen molar-refractivity contribution in [3.05, 3.63) is 35.9 Å². The van der Waals surface area contributed by atoms with Gasteiger partial charge in [-0.2, -0.15) is 0 Å². The lowest BCUT2D eigenvalue weighted by Crippen LogP contribution is -2.54. The molecule has 1 aromatic rings. The van der Waals surface area contributed by atoms with Crippen molar-refractivity contribution in [2.45, 2.75) is 31.8 Å². The van der Waals surface area contributed by atoms with Crippen LogP contribution in [-0.2, 0) is 0 Å². The van der Waals surface area contributed by atoms with E-state index in [0.717, 1.165) is 23.9 Å². The van der Waals surface area contributed by atoms with Crippen LogP contribution in [0.5, 0.6) is 5.75 Å². The number of hydrogen-bond donors (Lipinski definition) is 0. The summed E-state index contributed by atoms with van der Waals surface area (Å²) in [7, 11) is 1.73. The van der Waals surface area contributed by atoms with E-state index in [9.17, 15) is 0 Å². The molecule has 2 fully saturated rings. The third-order valence-corrected chi connectivity index (χ3v) is 4.84. The molecule has 2 aliphatic rings. The Bertz CT molecular complexity index is 500. The molecule has 3 heteroatoms. The van der Waals surface area contributed by atoms with Crippen LogP contribution in [0.3, 0.4) is 0 Å². The number of piperazine rings is 1. The minimum Gasteiger partial charge on any atom is -0.496 e. The van der Waals surface area contributed by atoms with E-state index >= 15 is 0 Å². The first-order valence-electron chi connectivity index (χ1n) is 8.05. The van der Waals surface area contributed by atoms with E-state index in [0.29, 0.717) is 6.04 Å². The molecular formula is C18H26N2O. The van der Waals surface area contributed by atoms with Gasteiger partial charge in [0.25, 0.3) is 0 Å². The summed E-state index contributed by atoms with van der Waals surface area (Å²) in [6.45, 7) is 7.14. The molecule has 114 valence electrons. The van der Waals surface area contributed by atoms with Crippen LogP contribution < -0.4 is 4.74 Å². The molecule has 2 aliphatic heterocycles. The Morgan fingerprint density at radius 3 is 3.00 bits per heavy atom. The number of rotatable bonds is 4. The quantitative estimate of drug-likeness (QED) is 0.846. The van der Waals surface area contributed by atoms with Crippen molar-refractivity contribution < 1.29 is 4.74 Å². The zero-order chi connectivity index (χ0) is 14.7. The first-order chi connectivity index (χ1) is 10.3. The van der Waals surface area contributed by atoms with Crippen LogP contribution in [0.4, 0.5) is 0 Å². The highest BCUT2D eigenvalue weighted by Gasteiger charge is 2.33. The summed E-state index contributed by atoms with van der Waals surface area (Å²) in [6.07, 6.45) is 7.22. The van der Waals surface area contributed by atoms with Gasteiger partial charge in [0.2, 0.25) is 0 Å². The highest BCUT2D eigenvalue weighted by Crippen LogP contribution is 2.24. The molecule has 21 heavy (non-hydrogen) atoms. The van der Waals surface area contributed by atoms with Crippen LogP contribution in [0.2, 0.25) is 0 Å². The second-order valence-electron chi connectivity index (χ2n) is 6.24. The number of benzene rings is 1. The van der Waals surface area contributed by atoms with Crippen LogP contribution in [0.25, 0.3) is 6.08 Å². The smallest absolute Gasteiger partial charge is 0.126 e. The van der Waals surface area contributed by atoms with E-state index in [1.807, 2.05) is 12.1 Å². The maximum atomic E-state index is 5.39. The van der Waals surface area contributed by atoms with Gasteiger partial charge in [-0.05, 0) is 32.4 Å². The first-order valence-corrected chi connectivity index (χ1v) is 8.05. The third-order valence-electron chi connectivity index (χ3n) is 4.84. The number of methoxy groups -OCH3 is 1. The van der Waals surface area contributed by atoms with Gasteiger partial charge >= 0.3 is 0 Å². The van der Waals surface area contributed by atoms with Gasteiger partial charge in [-0.15, -0.1) is 0 Å². The molecule has 0 N–H and O–H groups in total. The predicted octanol–water partition coefficient (Wildman–Crippen LogP) is 2.88. The summed E-state index contributed by atoms with van der Waals surface area (Å²) in [6, 6.07) is 9.63. The lowest BCUT2D eigenvalue weighted by Gasteiger charge is -2.41. The molecule has 1 aromatic carbocycles. The summed E-state index contributed by atoms with van der Waals surface area (Å²) < 4.78 is 5.39. The molecule has 3 rings (SSSR count). The molecule has 0 bridgehead atoms. The maximum absolute atomic E-state index is 5.39. The average molecular weight is 286 g/mol. The Morgan fingerprint density at radius 2 is 2.14 bits per heavy atom. The van der Waals surface area contributed by atoms with Crippen molar-refractivity contribution in [2.24, 2.45) is 0 Å². The van der Waals surface area contributed by atoms with Gasteiger partial charge in [0.05, 0.1) is 7.11 Å². The molecule has 3 nitrogen and oxygen atoms in total. The van der Waals surface area contributed by atoms with E-state index in [2.05, 4.69) is 41.0 Å². The number of nitrogens with zero attached hydrogens (tertiary/aromatic N) is 2. The van der Waals surface area contributed by atoms with E-state index < -0.39 is 0 Å². The highest BCUT2D eigenvalue weighted by molar-refractivity contribution is 5.57. The van der Waals surface area contributed by atoms with Crippen molar-refractivity contribution >= 4 is 6.08 Å². The maximum Gasteiger partial charge on any atom is 0.126 e. The van der Waals surface area contributed by atoms with E-state index in [4.69, 9.17) is 4.74 Å². The van der Waals surface area contributed by atoms with Gasteiger partial charge in [0.1, 0.15) is 5.75 Å². The summed E-state index contributed by atoms with van der Waals surface area (Å²) in [4.78, 5) is 5.28. The van der Waals surface area contributed by atoms with E-state index in [1.54, 1.807) is 7.11 Å². The Hall–Kier alpha value is -1.32. The number of fused-ring (bicyclic) bond motifs is 1. The lowest BCUT2D eigenvalue weighted by molar-refractivity contribution is 0.0686. The van der Waals surface area contributed by atoms with Crippen molar-refractivity contribution in [1.29, 1.82) is 0 Å². The van der Waals surface area contributed by atoms with Crippen LogP contribution in [-0.4, -0.2) is 55.2 Å². The summed E-state index contributed by atoms with van der Waals surface area (Å²) in [5.74, 6) is 0.947. The predicted molar refractivity (Wildman–Crippen MR) is 87.7 cm³/mol. The summed E-state index contributed by atoms with van der Waals surface area (Å²) in [5.41, 5.74) is 1.16. The molecule has 2 heterocycles. The monoisotopic (exact) mass is 286 g/mol. The first kappa shape index (κ1) is 14.6. The molecular weight excluding hydrogens is 260 g/mol. The van der Waals surface area contributed by atoms with Crippen molar-refractivity contribution in [3.63, 3.8) is 0 Å². The zero-order valence-corrected chi connectivity index (χ0v) is 13.2.